The minimum atomic E-state index is -0.143. The summed E-state index contributed by atoms with van der Waals surface area (Å²) < 4.78 is 5.22. The Morgan fingerprint density at radius 3 is 2.88 bits per heavy atom. The van der Waals surface area contributed by atoms with Crippen LogP contribution in [0, 0.1) is 0 Å². The molecule has 3 rings (SSSR count). The first-order valence-electron chi connectivity index (χ1n) is 8.18. The number of aromatic nitrogens is 1. The van der Waals surface area contributed by atoms with Crippen LogP contribution in [-0.2, 0) is 16.6 Å². The van der Waals surface area contributed by atoms with Gasteiger partial charge in [-0.3, -0.25) is 10.1 Å². The molecule has 6 heteroatoms. The number of rotatable bonds is 3. The fraction of sp³-hybridized carbons (Fsp3) is 0.444. The SMILES string of the molecule is CC(C)(C)c1cc(NC(=O)CN2CC(N)Cc3ccccc32)on1. The van der Waals surface area contributed by atoms with Crippen LogP contribution in [0.25, 0.3) is 0 Å². The summed E-state index contributed by atoms with van der Waals surface area (Å²) in [5.41, 5.74) is 9.06. The molecule has 0 radical (unpaired) electrons. The van der Waals surface area contributed by atoms with Crippen molar-refractivity contribution < 1.29 is 9.32 Å². The Hall–Kier alpha value is -2.34. The number of hydrogen-bond acceptors (Lipinski definition) is 5. The van der Waals surface area contributed by atoms with E-state index >= 15 is 0 Å². The zero-order valence-electron chi connectivity index (χ0n) is 14.4. The molecule has 0 bridgehead atoms. The van der Waals surface area contributed by atoms with E-state index in [-0.39, 0.29) is 23.9 Å². The van der Waals surface area contributed by atoms with Crippen LogP contribution in [0.1, 0.15) is 32.0 Å². The molecule has 0 aliphatic carbocycles. The highest BCUT2D eigenvalue weighted by atomic mass is 16.5. The average Bonchev–Trinajstić information content (AvgIpc) is 2.95. The van der Waals surface area contributed by atoms with Crippen molar-refractivity contribution in [2.75, 3.05) is 23.3 Å². The van der Waals surface area contributed by atoms with Gasteiger partial charge in [-0.2, -0.15) is 0 Å². The molecule has 0 fully saturated rings. The summed E-state index contributed by atoms with van der Waals surface area (Å²) in [4.78, 5) is 14.4. The zero-order chi connectivity index (χ0) is 17.3. The summed E-state index contributed by atoms with van der Waals surface area (Å²) in [6.45, 7) is 7.03. The number of amides is 1. The highest BCUT2D eigenvalue weighted by Crippen LogP contribution is 2.26. The van der Waals surface area contributed by atoms with Gasteiger partial charge in [-0.15, -0.1) is 0 Å². The molecule has 0 saturated heterocycles. The second-order valence-corrected chi connectivity index (χ2v) is 7.35. The van der Waals surface area contributed by atoms with Crippen molar-refractivity contribution in [3.8, 4) is 0 Å². The van der Waals surface area contributed by atoms with Crippen LogP contribution in [0.2, 0.25) is 0 Å². The van der Waals surface area contributed by atoms with E-state index in [1.54, 1.807) is 6.07 Å². The molecule has 2 aromatic rings. The van der Waals surface area contributed by atoms with Crippen molar-refractivity contribution in [3.05, 3.63) is 41.6 Å². The number of nitrogens with two attached hydrogens (primary N) is 1. The Morgan fingerprint density at radius 1 is 1.42 bits per heavy atom. The number of hydrogen-bond donors (Lipinski definition) is 2. The lowest BCUT2D eigenvalue weighted by Crippen LogP contribution is -2.46. The van der Waals surface area contributed by atoms with E-state index in [2.05, 4.69) is 16.5 Å². The zero-order valence-corrected chi connectivity index (χ0v) is 14.4. The number of nitrogens with zero attached hydrogens (tertiary/aromatic N) is 2. The monoisotopic (exact) mass is 328 g/mol. The Kier molecular flexibility index (Phi) is 4.32. The van der Waals surface area contributed by atoms with E-state index < -0.39 is 0 Å². The van der Waals surface area contributed by atoms with Crippen LogP contribution >= 0.6 is 0 Å². The number of benzene rings is 1. The number of para-hydroxylation sites is 1. The Labute approximate surface area is 142 Å². The van der Waals surface area contributed by atoms with Gasteiger partial charge in [0.2, 0.25) is 11.8 Å². The normalized spacial score (nSPS) is 17.5. The third-order valence-corrected chi connectivity index (χ3v) is 4.14. The van der Waals surface area contributed by atoms with Gasteiger partial charge < -0.3 is 15.2 Å². The van der Waals surface area contributed by atoms with Crippen molar-refractivity contribution >= 4 is 17.5 Å². The summed E-state index contributed by atoms with van der Waals surface area (Å²) in [7, 11) is 0. The van der Waals surface area contributed by atoms with E-state index in [1.807, 2.05) is 43.9 Å². The summed E-state index contributed by atoms with van der Waals surface area (Å²) in [5, 5.41) is 6.79. The Bertz CT molecular complexity index is 733. The molecule has 1 aliphatic heterocycles. The molecule has 2 heterocycles. The highest BCUT2D eigenvalue weighted by Gasteiger charge is 2.24. The molecule has 1 aliphatic rings. The van der Waals surface area contributed by atoms with Gasteiger partial charge in [0.25, 0.3) is 0 Å². The standard InChI is InChI=1S/C18H24N4O2/c1-18(2,3)15-9-17(24-21-15)20-16(23)11-22-10-13(19)8-12-6-4-5-7-14(12)22/h4-7,9,13H,8,10-11,19H2,1-3H3,(H,20,23). The molecule has 0 saturated carbocycles. The lowest BCUT2D eigenvalue weighted by Gasteiger charge is -2.34. The number of nitrogens with one attached hydrogen (secondary N) is 1. The van der Waals surface area contributed by atoms with Crippen molar-refractivity contribution in [3.63, 3.8) is 0 Å². The van der Waals surface area contributed by atoms with Crippen LogP contribution in [0.15, 0.2) is 34.9 Å². The first-order valence-corrected chi connectivity index (χ1v) is 8.18. The van der Waals surface area contributed by atoms with Crippen LogP contribution in [0.3, 0.4) is 0 Å². The molecule has 3 N–H and O–H groups in total. The predicted molar refractivity (Wildman–Crippen MR) is 94.2 cm³/mol. The maximum atomic E-state index is 12.4. The van der Waals surface area contributed by atoms with Gasteiger partial charge >= 0.3 is 0 Å². The first-order chi connectivity index (χ1) is 11.3. The third kappa shape index (κ3) is 3.59. The lowest BCUT2D eigenvalue weighted by molar-refractivity contribution is -0.115. The van der Waals surface area contributed by atoms with Crippen molar-refractivity contribution in [2.24, 2.45) is 5.73 Å². The molecular weight excluding hydrogens is 304 g/mol. The van der Waals surface area contributed by atoms with Crippen LogP contribution < -0.4 is 16.0 Å². The second-order valence-electron chi connectivity index (χ2n) is 7.35. The quantitative estimate of drug-likeness (QED) is 0.903. The molecule has 1 aromatic heterocycles. The second kappa shape index (κ2) is 6.28. The van der Waals surface area contributed by atoms with E-state index in [4.69, 9.17) is 10.3 Å². The van der Waals surface area contributed by atoms with E-state index in [0.29, 0.717) is 12.4 Å². The molecule has 1 aromatic carbocycles. The van der Waals surface area contributed by atoms with Crippen LogP contribution in [0.5, 0.6) is 0 Å². The van der Waals surface area contributed by atoms with Gasteiger partial charge in [0.05, 0.1) is 12.2 Å². The minimum absolute atomic E-state index is 0.0328. The van der Waals surface area contributed by atoms with E-state index in [1.165, 1.54) is 5.56 Å². The summed E-state index contributed by atoms with van der Waals surface area (Å²) in [6, 6.07) is 9.87. The largest absolute Gasteiger partial charge is 0.360 e. The molecule has 1 atom stereocenters. The maximum Gasteiger partial charge on any atom is 0.246 e. The Morgan fingerprint density at radius 2 is 2.17 bits per heavy atom. The summed E-state index contributed by atoms with van der Waals surface area (Å²) >= 11 is 0. The summed E-state index contributed by atoms with van der Waals surface area (Å²) in [6.07, 6.45) is 0.839. The smallest absolute Gasteiger partial charge is 0.246 e. The lowest BCUT2D eigenvalue weighted by atomic mass is 9.92. The minimum Gasteiger partial charge on any atom is -0.360 e. The molecule has 1 amide bonds. The van der Waals surface area contributed by atoms with Crippen molar-refractivity contribution in [1.82, 2.24) is 5.16 Å². The number of anilines is 2. The van der Waals surface area contributed by atoms with Gasteiger partial charge in [0.15, 0.2) is 0 Å². The third-order valence-electron chi connectivity index (χ3n) is 4.14. The van der Waals surface area contributed by atoms with Gasteiger partial charge in [0, 0.05) is 29.8 Å². The molecule has 6 nitrogen and oxygen atoms in total. The molecule has 24 heavy (non-hydrogen) atoms. The van der Waals surface area contributed by atoms with Gasteiger partial charge in [-0.25, -0.2) is 0 Å². The maximum absolute atomic E-state index is 12.4. The van der Waals surface area contributed by atoms with Crippen LogP contribution in [0.4, 0.5) is 11.6 Å². The number of carbonyl (C=O) groups is 1. The van der Waals surface area contributed by atoms with Gasteiger partial charge in [0.1, 0.15) is 0 Å². The van der Waals surface area contributed by atoms with Crippen molar-refractivity contribution in [2.45, 2.75) is 38.6 Å². The fourth-order valence-corrected chi connectivity index (χ4v) is 2.91. The average molecular weight is 328 g/mol. The summed E-state index contributed by atoms with van der Waals surface area (Å²) in [5.74, 6) is 0.232. The number of carbonyl (C=O) groups excluding carboxylic acids is 1. The van der Waals surface area contributed by atoms with Crippen LogP contribution in [-0.4, -0.2) is 30.2 Å². The first kappa shape index (κ1) is 16.5. The fourth-order valence-electron chi connectivity index (χ4n) is 2.91. The molecule has 128 valence electrons. The predicted octanol–water partition coefficient (Wildman–Crippen LogP) is 2.30. The van der Waals surface area contributed by atoms with Gasteiger partial charge in [-0.1, -0.05) is 44.1 Å². The number of fused-ring (bicyclic) bond motifs is 1. The topological polar surface area (TPSA) is 84.4 Å². The molecular formula is C18H24N4O2. The molecule has 1 unspecified atom stereocenters. The molecule has 0 spiro atoms. The van der Waals surface area contributed by atoms with Crippen molar-refractivity contribution in [1.29, 1.82) is 0 Å². The van der Waals surface area contributed by atoms with Gasteiger partial charge in [-0.05, 0) is 18.1 Å². The highest BCUT2D eigenvalue weighted by molar-refractivity contribution is 5.93. The van der Waals surface area contributed by atoms with E-state index in [9.17, 15) is 4.79 Å². The Balaban J connectivity index is 1.68. The van der Waals surface area contributed by atoms with E-state index in [0.717, 1.165) is 17.8 Å².